The van der Waals surface area contributed by atoms with Gasteiger partial charge < -0.3 is 5.11 Å². The van der Waals surface area contributed by atoms with Gasteiger partial charge in [-0.1, -0.05) is 31.1 Å². The van der Waals surface area contributed by atoms with Crippen molar-refractivity contribution >= 4 is 0 Å². The van der Waals surface area contributed by atoms with Gasteiger partial charge in [0.1, 0.15) is 0 Å². The summed E-state index contributed by atoms with van der Waals surface area (Å²) in [5.74, 6) is 5.89. The molecule has 0 bridgehead atoms. The monoisotopic (exact) mass is 190 g/mol. The van der Waals surface area contributed by atoms with Crippen LogP contribution in [0.25, 0.3) is 0 Å². The summed E-state index contributed by atoms with van der Waals surface area (Å²) in [7, 11) is 0. The van der Waals surface area contributed by atoms with Gasteiger partial charge in [-0.15, -0.1) is 12.8 Å². The van der Waals surface area contributed by atoms with Gasteiger partial charge in [0.25, 0.3) is 0 Å². The quantitative estimate of drug-likeness (QED) is 0.676. The number of aliphatic hydroxyl groups excluding tert-OH is 1. The highest BCUT2D eigenvalue weighted by Gasteiger charge is 2.35. The molecule has 0 atom stereocenters. The van der Waals surface area contributed by atoms with Crippen LogP contribution < -0.4 is 0 Å². The SMILES string of the molecule is C#CC(C#C)(CCO)C1CCCCC1. The van der Waals surface area contributed by atoms with E-state index in [-0.39, 0.29) is 6.61 Å². The van der Waals surface area contributed by atoms with Crippen LogP contribution in [0.15, 0.2) is 0 Å². The van der Waals surface area contributed by atoms with Gasteiger partial charge >= 0.3 is 0 Å². The predicted octanol–water partition coefficient (Wildman–Crippen LogP) is 2.20. The molecule has 1 fully saturated rings. The van der Waals surface area contributed by atoms with E-state index in [9.17, 15) is 0 Å². The number of terminal acetylenes is 2. The summed E-state index contributed by atoms with van der Waals surface area (Å²) in [6.07, 6.45) is 17.6. The maximum atomic E-state index is 9.00. The number of aliphatic hydroxyl groups is 1. The molecule has 0 spiro atoms. The van der Waals surface area contributed by atoms with Crippen LogP contribution in [0.1, 0.15) is 38.5 Å². The molecule has 0 aromatic carbocycles. The minimum absolute atomic E-state index is 0.0882. The first-order chi connectivity index (χ1) is 6.79. The maximum Gasteiger partial charge on any atom is 0.0963 e. The van der Waals surface area contributed by atoms with Gasteiger partial charge in [-0.25, -0.2) is 0 Å². The minimum atomic E-state index is -0.491. The molecule has 1 aliphatic rings. The lowest BCUT2D eigenvalue weighted by Crippen LogP contribution is -2.30. The Morgan fingerprint density at radius 1 is 1.14 bits per heavy atom. The van der Waals surface area contributed by atoms with Crippen molar-refractivity contribution in [2.24, 2.45) is 11.3 Å². The van der Waals surface area contributed by atoms with Crippen LogP contribution in [0.3, 0.4) is 0 Å². The molecule has 0 unspecified atom stereocenters. The lowest BCUT2D eigenvalue weighted by Gasteiger charge is -2.34. The summed E-state index contributed by atoms with van der Waals surface area (Å²) in [6.45, 7) is 0.0882. The molecule has 1 N–H and O–H groups in total. The summed E-state index contributed by atoms with van der Waals surface area (Å²) < 4.78 is 0. The second-order valence-electron chi connectivity index (χ2n) is 4.07. The number of hydrogen-bond acceptors (Lipinski definition) is 1. The van der Waals surface area contributed by atoms with Crippen molar-refractivity contribution in [2.45, 2.75) is 38.5 Å². The summed E-state index contributed by atoms with van der Waals surface area (Å²) >= 11 is 0. The lowest BCUT2D eigenvalue weighted by molar-refractivity contribution is 0.179. The van der Waals surface area contributed by atoms with Crippen LogP contribution in [-0.2, 0) is 0 Å². The largest absolute Gasteiger partial charge is 0.396 e. The van der Waals surface area contributed by atoms with Crippen molar-refractivity contribution in [3.8, 4) is 24.7 Å². The molecule has 0 saturated heterocycles. The molecule has 0 aromatic rings. The Balaban J connectivity index is 2.76. The van der Waals surface area contributed by atoms with Crippen molar-refractivity contribution in [2.75, 3.05) is 6.61 Å². The van der Waals surface area contributed by atoms with Gasteiger partial charge in [0.05, 0.1) is 5.41 Å². The minimum Gasteiger partial charge on any atom is -0.396 e. The fourth-order valence-corrected chi connectivity index (χ4v) is 2.40. The third-order valence-corrected chi connectivity index (χ3v) is 3.32. The summed E-state index contributed by atoms with van der Waals surface area (Å²) in [5.41, 5.74) is -0.491. The topological polar surface area (TPSA) is 20.2 Å². The highest BCUT2D eigenvalue weighted by atomic mass is 16.3. The van der Waals surface area contributed by atoms with E-state index < -0.39 is 5.41 Å². The van der Waals surface area contributed by atoms with Crippen LogP contribution in [0.4, 0.5) is 0 Å². The van der Waals surface area contributed by atoms with Crippen LogP contribution in [-0.4, -0.2) is 11.7 Å². The van der Waals surface area contributed by atoms with Gasteiger partial charge in [0.15, 0.2) is 0 Å². The molecule has 76 valence electrons. The number of hydrogen-bond donors (Lipinski definition) is 1. The standard InChI is InChI=1S/C13H18O/c1-3-13(4-2,10-11-14)12-8-6-5-7-9-12/h1-2,12,14H,5-11H2. The summed E-state index contributed by atoms with van der Waals surface area (Å²) in [5, 5.41) is 9.00. The Kier molecular flexibility index (Phi) is 4.05. The molecule has 1 rings (SSSR count). The number of rotatable bonds is 3. The fourth-order valence-electron chi connectivity index (χ4n) is 2.40. The van der Waals surface area contributed by atoms with Crippen LogP contribution in [0.2, 0.25) is 0 Å². The van der Waals surface area contributed by atoms with Gasteiger partial charge in [0, 0.05) is 6.61 Å². The predicted molar refractivity (Wildman–Crippen MR) is 58.4 cm³/mol. The summed E-state index contributed by atoms with van der Waals surface area (Å²) in [4.78, 5) is 0. The van der Waals surface area contributed by atoms with E-state index in [0.29, 0.717) is 12.3 Å². The maximum absolute atomic E-state index is 9.00. The Bertz CT molecular complexity index is 233. The van der Waals surface area contributed by atoms with Gasteiger partial charge in [-0.05, 0) is 25.2 Å². The molecule has 0 aliphatic heterocycles. The van der Waals surface area contributed by atoms with Gasteiger partial charge in [-0.3, -0.25) is 0 Å². The highest BCUT2D eigenvalue weighted by Crippen LogP contribution is 2.40. The Morgan fingerprint density at radius 2 is 1.71 bits per heavy atom. The average molecular weight is 190 g/mol. The van der Waals surface area contributed by atoms with E-state index in [4.69, 9.17) is 18.0 Å². The van der Waals surface area contributed by atoms with Crippen molar-refractivity contribution in [3.05, 3.63) is 0 Å². The van der Waals surface area contributed by atoms with E-state index in [0.717, 1.165) is 12.8 Å². The molecule has 0 aromatic heterocycles. The van der Waals surface area contributed by atoms with E-state index in [1.807, 2.05) is 0 Å². The van der Waals surface area contributed by atoms with E-state index in [2.05, 4.69) is 11.8 Å². The smallest absolute Gasteiger partial charge is 0.0963 e. The van der Waals surface area contributed by atoms with Crippen LogP contribution in [0, 0.1) is 36.0 Å². The molecule has 14 heavy (non-hydrogen) atoms. The fraction of sp³-hybridized carbons (Fsp3) is 0.692. The first-order valence-electron chi connectivity index (χ1n) is 5.35. The van der Waals surface area contributed by atoms with Crippen molar-refractivity contribution in [1.82, 2.24) is 0 Å². The van der Waals surface area contributed by atoms with Crippen molar-refractivity contribution in [3.63, 3.8) is 0 Å². The molecule has 0 amide bonds. The third kappa shape index (κ3) is 2.11. The zero-order valence-electron chi connectivity index (χ0n) is 8.63. The first-order valence-corrected chi connectivity index (χ1v) is 5.35. The van der Waals surface area contributed by atoms with Crippen molar-refractivity contribution in [1.29, 1.82) is 0 Å². The van der Waals surface area contributed by atoms with E-state index >= 15 is 0 Å². The Morgan fingerprint density at radius 3 is 2.14 bits per heavy atom. The molecule has 1 nitrogen and oxygen atoms in total. The molecule has 0 radical (unpaired) electrons. The van der Waals surface area contributed by atoms with Gasteiger partial charge in [-0.2, -0.15) is 0 Å². The molecular formula is C13H18O. The van der Waals surface area contributed by atoms with E-state index in [1.165, 1.54) is 19.3 Å². The third-order valence-electron chi connectivity index (χ3n) is 3.32. The van der Waals surface area contributed by atoms with E-state index in [1.54, 1.807) is 0 Å². The summed E-state index contributed by atoms with van der Waals surface area (Å²) in [6, 6.07) is 0. The van der Waals surface area contributed by atoms with Gasteiger partial charge in [0.2, 0.25) is 0 Å². The highest BCUT2D eigenvalue weighted by molar-refractivity contribution is 5.23. The molecular weight excluding hydrogens is 172 g/mol. The molecule has 1 aliphatic carbocycles. The second kappa shape index (κ2) is 5.08. The molecule has 0 heterocycles. The Labute approximate surface area is 86.9 Å². The Hall–Kier alpha value is -0.920. The van der Waals surface area contributed by atoms with Crippen LogP contribution in [0.5, 0.6) is 0 Å². The second-order valence-corrected chi connectivity index (χ2v) is 4.07. The van der Waals surface area contributed by atoms with Crippen LogP contribution >= 0.6 is 0 Å². The first kappa shape index (κ1) is 11.2. The van der Waals surface area contributed by atoms with Crippen molar-refractivity contribution < 1.29 is 5.11 Å². The molecule has 1 heteroatoms. The zero-order chi connectivity index (χ0) is 10.4. The zero-order valence-corrected chi connectivity index (χ0v) is 8.63. The lowest BCUT2D eigenvalue weighted by atomic mass is 9.68. The average Bonchev–Trinajstić information content (AvgIpc) is 2.27. The molecule has 1 saturated carbocycles. The normalized spacial score (nSPS) is 18.5.